The molecule has 0 unspecified atom stereocenters. The minimum atomic E-state index is -0.110. The molecule has 6 nitrogen and oxygen atoms in total. The Morgan fingerprint density at radius 2 is 2.05 bits per heavy atom. The van der Waals surface area contributed by atoms with Crippen molar-refractivity contribution in [3.63, 3.8) is 0 Å². The summed E-state index contributed by atoms with van der Waals surface area (Å²) in [6.45, 7) is 3.83. The molecule has 1 N–H and O–H groups in total. The van der Waals surface area contributed by atoms with E-state index >= 15 is 0 Å². The molecule has 2 aromatic rings. The van der Waals surface area contributed by atoms with E-state index in [1.165, 1.54) is 35.9 Å². The van der Waals surface area contributed by atoms with E-state index in [1.807, 2.05) is 19.9 Å². The van der Waals surface area contributed by atoms with Gasteiger partial charge in [-0.15, -0.1) is 10.2 Å². The number of carbonyl (C=O) groups excluding carboxylic acids is 1. The molecule has 0 aliphatic heterocycles. The van der Waals surface area contributed by atoms with Crippen molar-refractivity contribution in [2.24, 2.45) is 0 Å². The number of carbonyl (C=O) groups is 1. The van der Waals surface area contributed by atoms with Gasteiger partial charge in [0.25, 0.3) is 0 Å². The molecule has 0 saturated heterocycles. The van der Waals surface area contributed by atoms with Crippen LogP contribution in [-0.4, -0.2) is 31.8 Å². The van der Waals surface area contributed by atoms with Crippen LogP contribution in [0.5, 0.6) is 0 Å². The summed E-state index contributed by atoms with van der Waals surface area (Å²) in [6, 6.07) is 1.91. The smallest absolute Gasteiger partial charge is 0.236 e. The normalized spacial score (nSPS) is 14.2. The average molecular weight is 321 g/mol. The standard InChI is InChI=1S/C13H15N5OS2/c1-7-5-8(2)15-12(14-7)20-6-10(19)16-13-18-17-11(21-13)9-3-4-9/h5,9H,3-4,6H2,1-2H3,(H,16,18,19). The lowest BCUT2D eigenvalue weighted by Gasteiger charge is -2.02. The second kappa shape index (κ2) is 6.07. The summed E-state index contributed by atoms with van der Waals surface area (Å²) in [5.74, 6) is 0.716. The number of amides is 1. The lowest BCUT2D eigenvalue weighted by molar-refractivity contribution is -0.113. The van der Waals surface area contributed by atoms with E-state index in [0.29, 0.717) is 16.2 Å². The van der Waals surface area contributed by atoms with E-state index in [4.69, 9.17) is 0 Å². The molecule has 0 spiro atoms. The zero-order valence-corrected chi connectivity index (χ0v) is 13.4. The number of aromatic nitrogens is 4. The molecular formula is C13H15N5OS2. The largest absolute Gasteiger partial charge is 0.300 e. The van der Waals surface area contributed by atoms with Gasteiger partial charge in [0.1, 0.15) is 5.01 Å². The summed E-state index contributed by atoms with van der Waals surface area (Å²) in [4.78, 5) is 20.5. The third kappa shape index (κ3) is 3.98. The summed E-state index contributed by atoms with van der Waals surface area (Å²) in [5.41, 5.74) is 1.81. The van der Waals surface area contributed by atoms with Crippen molar-refractivity contribution in [1.82, 2.24) is 20.2 Å². The topological polar surface area (TPSA) is 80.7 Å². The van der Waals surface area contributed by atoms with Crippen molar-refractivity contribution in [1.29, 1.82) is 0 Å². The molecule has 1 aliphatic rings. The summed E-state index contributed by atoms with van der Waals surface area (Å²) in [5, 5.41) is 13.1. The summed E-state index contributed by atoms with van der Waals surface area (Å²) in [6.07, 6.45) is 2.37. The average Bonchev–Trinajstić information content (AvgIpc) is 3.17. The first kappa shape index (κ1) is 14.4. The third-order valence-electron chi connectivity index (χ3n) is 2.91. The van der Waals surface area contributed by atoms with Crippen molar-refractivity contribution in [3.05, 3.63) is 22.5 Å². The van der Waals surface area contributed by atoms with Gasteiger partial charge in [-0.3, -0.25) is 10.1 Å². The lowest BCUT2D eigenvalue weighted by atomic mass is 10.4. The SMILES string of the molecule is Cc1cc(C)nc(SCC(=O)Nc2nnc(C3CC3)s2)n1. The maximum Gasteiger partial charge on any atom is 0.236 e. The molecule has 1 aliphatic carbocycles. The fourth-order valence-corrected chi connectivity index (χ4v) is 3.50. The fraction of sp³-hybridized carbons (Fsp3) is 0.462. The van der Waals surface area contributed by atoms with Crippen molar-refractivity contribution in [2.45, 2.75) is 37.8 Å². The first-order valence-corrected chi connectivity index (χ1v) is 8.48. The molecule has 0 atom stereocenters. The zero-order valence-electron chi connectivity index (χ0n) is 11.8. The maximum absolute atomic E-state index is 11.9. The molecule has 0 aromatic carbocycles. The van der Waals surface area contributed by atoms with Gasteiger partial charge in [-0.05, 0) is 32.8 Å². The first-order chi connectivity index (χ1) is 10.1. The molecule has 2 aromatic heterocycles. The molecule has 1 saturated carbocycles. The first-order valence-electron chi connectivity index (χ1n) is 6.68. The molecule has 3 rings (SSSR count). The van der Waals surface area contributed by atoms with E-state index in [9.17, 15) is 4.79 Å². The molecular weight excluding hydrogens is 306 g/mol. The van der Waals surface area contributed by atoms with Crippen LogP contribution >= 0.6 is 23.1 Å². The van der Waals surface area contributed by atoms with Crippen LogP contribution in [0.4, 0.5) is 5.13 Å². The van der Waals surface area contributed by atoms with E-state index < -0.39 is 0 Å². The molecule has 2 heterocycles. The number of rotatable bonds is 5. The van der Waals surface area contributed by atoms with Crippen LogP contribution in [0.1, 0.15) is 35.2 Å². The zero-order chi connectivity index (χ0) is 14.8. The van der Waals surface area contributed by atoms with Gasteiger partial charge in [0, 0.05) is 17.3 Å². The van der Waals surface area contributed by atoms with Gasteiger partial charge in [-0.2, -0.15) is 0 Å². The quantitative estimate of drug-likeness (QED) is 0.673. The Hall–Kier alpha value is -1.54. The van der Waals surface area contributed by atoms with Crippen LogP contribution in [0.2, 0.25) is 0 Å². The highest BCUT2D eigenvalue weighted by Crippen LogP contribution is 2.42. The third-order valence-corrected chi connectivity index (χ3v) is 4.76. The molecule has 110 valence electrons. The van der Waals surface area contributed by atoms with Crippen LogP contribution < -0.4 is 5.32 Å². The highest BCUT2D eigenvalue weighted by molar-refractivity contribution is 7.99. The number of hydrogen-bond donors (Lipinski definition) is 1. The Morgan fingerprint density at radius 3 is 2.71 bits per heavy atom. The van der Waals surface area contributed by atoms with Crippen LogP contribution in [0.3, 0.4) is 0 Å². The molecule has 8 heteroatoms. The highest BCUT2D eigenvalue weighted by Gasteiger charge is 2.27. The monoisotopic (exact) mass is 321 g/mol. The van der Waals surface area contributed by atoms with E-state index in [2.05, 4.69) is 25.5 Å². The van der Waals surface area contributed by atoms with Gasteiger partial charge in [0.2, 0.25) is 11.0 Å². The number of nitrogens with one attached hydrogen (secondary N) is 1. The Kier molecular flexibility index (Phi) is 4.16. The van der Waals surface area contributed by atoms with Crippen LogP contribution in [0.15, 0.2) is 11.2 Å². The van der Waals surface area contributed by atoms with Crippen molar-refractivity contribution in [3.8, 4) is 0 Å². The fourth-order valence-electron chi connectivity index (χ4n) is 1.82. The van der Waals surface area contributed by atoms with Crippen molar-refractivity contribution >= 4 is 34.1 Å². The van der Waals surface area contributed by atoms with Gasteiger partial charge < -0.3 is 0 Å². The van der Waals surface area contributed by atoms with Gasteiger partial charge in [-0.25, -0.2) is 9.97 Å². The second-order valence-electron chi connectivity index (χ2n) is 4.99. The molecule has 0 bridgehead atoms. The van der Waals surface area contributed by atoms with Gasteiger partial charge in [-0.1, -0.05) is 23.1 Å². The Bertz CT molecular complexity index is 648. The number of hydrogen-bond acceptors (Lipinski definition) is 7. The lowest BCUT2D eigenvalue weighted by Crippen LogP contribution is -2.14. The van der Waals surface area contributed by atoms with Crippen molar-refractivity contribution < 1.29 is 4.79 Å². The Labute approximate surface area is 130 Å². The molecule has 1 amide bonds. The summed E-state index contributed by atoms with van der Waals surface area (Å²) >= 11 is 2.79. The Morgan fingerprint density at radius 1 is 1.33 bits per heavy atom. The number of aryl methyl sites for hydroxylation is 2. The highest BCUT2D eigenvalue weighted by atomic mass is 32.2. The number of nitrogens with zero attached hydrogens (tertiary/aromatic N) is 4. The number of anilines is 1. The van der Waals surface area contributed by atoms with Gasteiger partial charge in [0.05, 0.1) is 5.75 Å². The Balaban J connectivity index is 1.53. The van der Waals surface area contributed by atoms with E-state index in [1.54, 1.807) is 0 Å². The maximum atomic E-state index is 11.9. The molecule has 21 heavy (non-hydrogen) atoms. The summed E-state index contributed by atoms with van der Waals surface area (Å²) in [7, 11) is 0. The predicted octanol–water partition coefficient (Wildman–Crippen LogP) is 2.55. The van der Waals surface area contributed by atoms with E-state index in [-0.39, 0.29) is 11.7 Å². The predicted molar refractivity (Wildman–Crippen MR) is 82.7 cm³/mol. The van der Waals surface area contributed by atoms with Crippen LogP contribution in [-0.2, 0) is 4.79 Å². The van der Waals surface area contributed by atoms with Crippen LogP contribution in [0, 0.1) is 13.8 Å². The van der Waals surface area contributed by atoms with E-state index in [0.717, 1.165) is 16.4 Å². The number of thioether (sulfide) groups is 1. The van der Waals surface area contributed by atoms with Gasteiger partial charge >= 0.3 is 0 Å². The minimum Gasteiger partial charge on any atom is -0.300 e. The molecule has 1 fully saturated rings. The van der Waals surface area contributed by atoms with Gasteiger partial charge in [0.15, 0.2) is 5.16 Å². The van der Waals surface area contributed by atoms with Crippen LogP contribution in [0.25, 0.3) is 0 Å². The summed E-state index contributed by atoms with van der Waals surface area (Å²) < 4.78 is 0. The molecule has 0 radical (unpaired) electrons. The van der Waals surface area contributed by atoms with Crippen molar-refractivity contribution in [2.75, 3.05) is 11.1 Å². The minimum absolute atomic E-state index is 0.110. The second-order valence-corrected chi connectivity index (χ2v) is 6.94.